The van der Waals surface area contributed by atoms with E-state index < -0.39 is 11.9 Å². The van der Waals surface area contributed by atoms with E-state index in [2.05, 4.69) is 4.98 Å². The summed E-state index contributed by atoms with van der Waals surface area (Å²) in [5.74, 6) is -2.09. The quantitative estimate of drug-likeness (QED) is 0.852. The van der Waals surface area contributed by atoms with Gasteiger partial charge in [0.05, 0.1) is 15.6 Å². The van der Waals surface area contributed by atoms with Crippen LogP contribution < -0.4 is 0 Å². The van der Waals surface area contributed by atoms with Crippen LogP contribution in [0.2, 0.25) is 10.0 Å². The van der Waals surface area contributed by atoms with Crippen molar-refractivity contribution in [2.45, 2.75) is 0 Å². The molecule has 1 aromatic carbocycles. The maximum atomic E-state index is 12.9. The van der Waals surface area contributed by atoms with Gasteiger partial charge in [-0.25, -0.2) is 9.78 Å². The summed E-state index contributed by atoms with van der Waals surface area (Å²) >= 11 is 11.6. The first-order chi connectivity index (χ1) is 8.49. The molecular weight excluding hydrogens is 280 g/mol. The van der Waals surface area contributed by atoms with Gasteiger partial charge >= 0.3 is 5.97 Å². The molecule has 2 aromatic rings. The van der Waals surface area contributed by atoms with Crippen molar-refractivity contribution in [2.24, 2.45) is 0 Å². The predicted molar refractivity (Wildman–Crippen MR) is 66.6 cm³/mol. The van der Waals surface area contributed by atoms with Crippen LogP contribution in [0.4, 0.5) is 4.39 Å². The Morgan fingerprint density at radius 1 is 1.22 bits per heavy atom. The number of pyridine rings is 1. The molecule has 0 aliphatic heterocycles. The third-order valence-electron chi connectivity index (χ3n) is 2.33. The maximum absolute atomic E-state index is 12.9. The topological polar surface area (TPSA) is 50.2 Å². The van der Waals surface area contributed by atoms with Crippen molar-refractivity contribution >= 4 is 29.2 Å². The number of carboxylic acid groups (broad SMARTS) is 1. The number of carboxylic acids is 1. The Morgan fingerprint density at radius 2 is 1.94 bits per heavy atom. The molecule has 0 amide bonds. The molecule has 1 N–H and O–H groups in total. The fraction of sp³-hybridized carbons (Fsp3) is 0. The molecule has 0 fully saturated rings. The summed E-state index contributed by atoms with van der Waals surface area (Å²) in [5, 5.41) is 9.66. The van der Waals surface area contributed by atoms with E-state index in [1.807, 2.05) is 0 Å². The van der Waals surface area contributed by atoms with Gasteiger partial charge in [-0.1, -0.05) is 29.3 Å². The van der Waals surface area contributed by atoms with Crippen LogP contribution in [0.25, 0.3) is 11.1 Å². The van der Waals surface area contributed by atoms with E-state index in [1.165, 1.54) is 12.1 Å². The number of nitrogens with zero attached hydrogens (tertiary/aromatic N) is 1. The van der Waals surface area contributed by atoms with Crippen molar-refractivity contribution in [3.05, 3.63) is 52.0 Å². The number of aromatic carboxylic acids is 1. The monoisotopic (exact) mass is 285 g/mol. The van der Waals surface area contributed by atoms with Crippen molar-refractivity contribution in [1.29, 1.82) is 0 Å². The summed E-state index contributed by atoms with van der Waals surface area (Å²) < 4.78 is 12.9. The molecule has 1 aromatic heterocycles. The van der Waals surface area contributed by atoms with E-state index in [9.17, 15) is 9.18 Å². The van der Waals surface area contributed by atoms with Crippen LogP contribution in [-0.4, -0.2) is 16.1 Å². The van der Waals surface area contributed by atoms with Crippen molar-refractivity contribution in [2.75, 3.05) is 0 Å². The highest BCUT2D eigenvalue weighted by atomic mass is 35.5. The molecule has 0 atom stereocenters. The highest BCUT2D eigenvalue weighted by molar-refractivity contribution is 6.42. The van der Waals surface area contributed by atoms with Crippen LogP contribution in [0.1, 0.15) is 10.4 Å². The number of aromatic nitrogens is 1. The van der Waals surface area contributed by atoms with Gasteiger partial charge in [-0.15, -0.1) is 0 Å². The average Bonchev–Trinajstić information content (AvgIpc) is 2.32. The molecule has 0 bridgehead atoms. The van der Waals surface area contributed by atoms with E-state index in [0.717, 1.165) is 12.3 Å². The normalized spacial score (nSPS) is 10.4. The second kappa shape index (κ2) is 4.92. The molecule has 2 rings (SSSR count). The number of halogens is 3. The Hall–Kier alpha value is -1.65. The molecule has 0 aliphatic carbocycles. The Balaban J connectivity index is 2.63. The highest BCUT2D eigenvalue weighted by Gasteiger charge is 2.14. The predicted octanol–water partition coefficient (Wildman–Crippen LogP) is 3.89. The summed E-state index contributed by atoms with van der Waals surface area (Å²) in [7, 11) is 0. The molecule has 0 radical (unpaired) electrons. The van der Waals surface area contributed by atoms with Gasteiger partial charge in [-0.05, 0) is 17.7 Å². The molecule has 0 saturated carbocycles. The molecular formula is C12H6Cl2FNO2. The van der Waals surface area contributed by atoms with Crippen LogP contribution in [0.5, 0.6) is 0 Å². The molecule has 0 spiro atoms. The molecule has 6 heteroatoms. The first-order valence-corrected chi connectivity index (χ1v) is 5.59. The van der Waals surface area contributed by atoms with Gasteiger partial charge in [0.15, 0.2) is 0 Å². The Labute approximate surface area is 112 Å². The third-order valence-corrected chi connectivity index (χ3v) is 3.07. The van der Waals surface area contributed by atoms with Gasteiger partial charge in [-0.3, -0.25) is 0 Å². The van der Waals surface area contributed by atoms with Crippen molar-refractivity contribution in [3.8, 4) is 11.1 Å². The van der Waals surface area contributed by atoms with Gasteiger partial charge < -0.3 is 5.11 Å². The number of rotatable bonds is 2. The number of hydrogen-bond acceptors (Lipinski definition) is 2. The maximum Gasteiger partial charge on any atom is 0.336 e. The summed E-state index contributed by atoms with van der Waals surface area (Å²) in [4.78, 5) is 14.5. The molecule has 0 aliphatic rings. The lowest BCUT2D eigenvalue weighted by atomic mass is 10.0. The lowest BCUT2D eigenvalue weighted by molar-refractivity contribution is 0.0697. The van der Waals surface area contributed by atoms with Crippen LogP contribution in [0.15, 0.2) is 30.5 Å². The van der Waals surface area contributed by atoms with Crippen molar-refractivity contribution in [3.63, 3.8) is 0 Å². The summed E-state index contributed by atoms with van der Waals surface area (Å²) in [5.41, 5.74) is 0.609. The standard InChI is InChI=1S/C12H6Cl2FNO2/c13-9-2-1-6(3-10(9)14)8-5-16-11(15)4-7(8)12(17)18/h1-5H,(H,17,18). The second-order valence-electron chi connectivity index (χ2n) is 3.49. The number of hydrogen-bond donors (Lipinski definition) is 1. The minimum Gasteiger partial charge on any atom is -0.478 e. The van der Waals surface area contributed by atoms with Crippen molar-refractivity contribution in [1.82, 2.24) is 4.98 Å². The summed E-state index contributed by atoms with van der Waals surface area (Å²) in [6.07, 6.45) is 1.15. The zero-order chi connectivity index (χ0) is 13.3. The SMILES string of the molecule is O=C(O)c1cc(F)ncc1-c1ccc(Cl)c(Cl)c1. The molecule has 1 heterocycles. The minimum atomic E-state index is -1.24. The van der Waals surface area contributed by atoms with Crippen LogP contribution in [0.3, 0.4) is 0 Å². The van der Waals surface area contributed by atoms with E-state index >= 15 is 0 Å². The minimum absolute atomic E-state index is 0.180. The third kappa shape index (κ3) is 2.44. The first-order valence-electron chi connectivity index (χ1n) is 4.83. The van der Waals surface area contributed by atoms with E-state index in [4.69, 9.17) is 28.3 Å². The van der Waals surface area contributed by atoms with Crippen LogP contribution in [-0.2, 0) is 0 Å². The molecule has 18 heavy (non-hydrogen) atoms. The number of carbonyl (C=O) groups is 1. The summed E-state index contributed by atoms with van der Waals surface area (Å²) in [6, 6.07) is 5.50. The fourth-order valence-corrected chi connectivity index (χ4v) is 1.80. The van der Waals surface area contributed by atoms with E-state index in [0.29, 0.717) is 10.6 Å². The van der Waals surface area contributed by atoms with Crippen molar-refractivity contribution < 1.29 is 14.3 Å². The van der Waals surface area contributed by atoms with Gasteiger partial charge in [0, 0.05) is 17.8 Å². The smallest absolute Gasteiger partial charge is 0.336 e. The zero-order valence-corrected chi connectivity index (χ0v) is 10.3. The molecule has 92 valence electrons. The zero-order valence-electron chi connectivity index (χ0n) is 8.82. The van der Waals surface area contributed by atoms with Crippen LogP contribution in [0, 0.1) is 5.95 Å². The summed E-state index contributed by atoms with van der Waals surface area (Å²) in [6.45, 7) is 0. The van der Waals surface area contributed by atoms with E-state index in [1.54, 1.807) is 6.07 Å². The van der Waals surface area contributed by atoms with Gasteiger partial charge in [-0.2, -0.15) is 4.39 Å². The molecule has 0 unspecified atom stereocenters. The van der Waals surface area contributed by atoms with Gasteiger partial charge in [0.25, 0.3) is 0 Å². The molecule has 3 nitrogen and oxygen atoms in total. The largest absolute Gasteiger partial charge is 0.478 e. The second-order valence-corrected chi connectivity index (χ2v) is 4.30. The van der Waals surface area contributed by atoms with E-state index in [-0.39, 0.29) is 16.1 Å². The first kappa shape index (κ1) is 12.8. The van der Waals surface area contributed by atoms with Crippen LogP contribution >= 0.6 is 23.2 Å². The number of benzene rings is 1. The fourth-order valence-electron chi connectivity index (χ4n) is 1.50. The Kier molecular flexibility index (Phi) is 3.50. The van der Waals surface area contributed by atoms with Gasteiger partial charge in [0.1, 0.15) is 0 Å². The highest BCUT2D eigenvalue weighted by Crippen LogP contribution is 2.30. The Bertz CT molecular complexity index is 631. The average molecular weight is 286 g/mol. The lowest BCUT2D eigenvalue weighted by Gasteiger charge is -2.07. The lowest BCUT2D eigenvalue weighted by Crippen LogP contribution is -2.02. The molecule has 0 saturated heterocycles. The van der Waals surface area contributed by atoms with Gasteiger partial charge in [0.2, 0.25) is 5.95 Å². The Morgan fingerprint density at radius 3 is 2.56 bits per heavy atom.